The molecule has 0 saturated carbocycles. The van der Waals surface area contributed by atoms with Gasteiger partial charge in [-0.25, -0.2) is 0 Å². The van der Waals surface area contributed by atoms with Gasteiger partial charge < -0.3 is 4.74 Å². The molecule has 0 amide bonds. The third-order valence-electron chi connectivity index (χ3n) is 4.69. The van der Waals surface area contributed by atoms with E-state index in [4.69, 9.17) is 27.9 Å². The minimum Gasteiger partial charge on any atom is -0.490 e. The van der Waals surface area contributed by atoms with Crippen LogP contribution in [0.15, 0.2) is 42.7 Å². The van der Waals surface area contributed by atoms with Crippen LogP contribution >= 0.6 is 23.2 Å². The second-order valence-corrected chi connectivity index (χ2v) is 7.25. The SMILES string of the molecule is Clc1cccc(Cl)c1OCCCCN1CCCC[C@@H]1c1cccnc1. The van der Waals surface area contributed by atoms with E-state index in [1.807, 2.05) is 24.5 Å². The third kappa shape index (κ3) is 5.10. The Kier molecular flexibility index (Phi) is 6.97. The van der Waals surface area contributed by atoms with E-state index in [-0.39, 0.29) is 0 Å². The zero-order chi connectivity index (χ0) is 17.5. The topological polar surface area (TPSA) is 25.4 Å². The Hall–Kier alpha value is -1.29. The molecule has 1 aromatic heterocycles. The molecule has 25 heavy (non-hydrogen) atoms. The van der Waals surface area contributed by atoms with E-state index in [1.54, 1.807) is 12.1 Å². The lowest BCUT2D eigenvalue weighted by Crippen LogP contribution is -2.34. The number of hydrogen-bond acceptors (Lipinski definition) is 3. The van der Waals surface area contributed by atoms with Crippen molar-refractivity contribution in [3.8, 4) is 5.75 Å². The van der Waals surface area contributed by atoms with Crippen LogP contribution in [0.2, 0.25) is 10.0 Å². The predicted molar refractivity (Wildman–Crippen MR) is 104 cm³/mol. The second kappa shape index (κ2) is 9.42. The summed E-state index contributed by atoms with van der Waals surface area (Å²) in [5.74, 6) is 0.594. The van der Waals surface area contributed by atoms with Crippen molar-refractivity contribution in [3.63, 3.8) is 0 Å². The van der Waals surface area contributed by atoms with E-state index in [2.05, 4.69) is 16.0 Å². The maximum absolute atomic E-state index is 6.13. The summed E-state index contributed by atoms with van der Waals surface area (Å²) in [5, 5.41) is 1.14. The van der Waals surface area contributed by atoms with Crippen LogP contribution in [0.25, 0.3) is 0 Å². The monoisotopic (exact) mass is 378 g/mol. The molecule has 0 radical (unpaired) electrons. The van der Waals surface area contributed by atoms with Crippen LogP contribution in [0.3, 0.4) is 0 Å². The summed E-state index contributed by atoms with van der Waals surface area (Å²) in [6.07, 6.45) is 9.72. The van der Waals surface area contributed by atoms with Gasteiger partial charge in [0.25, 0.3) is 0 Å². The van der Waals surface area contributed by atoms with E-state index in [0.29, 0.717) is 28.4 Å². The largest absolute Gasteiger partial charge is 0.490 e. The Labute approximate surface area is 159 Å². The number of likely N-dealkylation sites (tertiary alicyclic amines) is 1. The van der Waals surface area contributed by atoms with Crippen molar-refractivity contribution in [2.24, 2.45) is 0 Å². The second-order valence-electron chi connectivity index (χ2n) is 6.44. The number of pyridine rings is 1. The Balaban J connectivity index is 1.46. The molecule has 3 rings (SSSR count). The lowest BCUT2D eigenvalue weighted by atomic mass is 9.96. The van der Waals surface area contributed by atoms with Crippen LogP contribution < -0.4 is 4.74 Å². The van der Waals surface area contributed by atoms with Gasteiger partial charge in [0.05, 0.1) is 16.7 Å². The summed E-state index contributed by atoms with van der Waals surface area (Å²) in [5.41, 5.74) is 1.33. The van der Waals surface area contributed by atoms with Gasteiger partial charge in [0.15, 0.2) is 5.75 Å². The van der Waals surface area contributed by atoms with Gasteiger partial charge in [0, 0.05) is 18.4 Å². The Bertz CT molecular complexity index is 646. The number of ether oxygens (including phenoxy) is 1. The van der Waals surface area contributed by atoms with Gasteiger partial charge >= 0.3 is 0 Å². The van der Waals surface area contributed by atoms with Crippen molar-refractivity contribution in [1.82, 2.24) is 9.88 Å². The highest BCUT2D eigenvalue weighted by Gasteiger charge is 2.23. The molecule has 1 aliphatic rings. The van der Waals surface area contributed by atoms with Gasteiger partial charge in [-0.05, 0) is 62.5 Å². The summed E-state index contributed by atoms with van der Waals surface area (Å²) >= 11 is 12.3. The minimum absolute atomic E-state index is 0.501. The molecule has 1 aromatic carbocycles. The molecule has 1 atom stereocenters. The fourth-order valence-electron chi connectivity index (χ4n) is 3.42. The van der Waals surface area contributed by atoms with Crippen LogP contribution in [-0.2, 0) is 0 Å². The van der Waals surface area contributed by atoms with Gasteiger partial charge in [-0.3, -0.25) is 9.88 Å². The van der Waals surface area contributed by atoms with Gasteiger partial charge in [-0.2, -0.15) is 0 Å². The van der Waals surface area contributed by atoms with E-state index in [9.17, 15) is 0 Å². The maximum Gasteiger partial charge on any atom is 0.156 e. The van der Waals surface area contributed by atoms with E-state index in [1.165, 1.54) is 24.8 Å². The van der Waals surface area contributed by atoms with Gasteiger partial charge in [0.2, 0.25) is 0 Å². The minimum atomic E-state index is 0.501. The summed E-state index contributed by atoms with van der Waals surface area (Å²) in [4.78, 5) is 6.87. The number of piperidine rings is 1. The number of halogens is 2. The van der Waals surface area contributed by atoms with Gasteiger partial charge in [-0.15, -0.1) is 0 Å². The molecule has 2 heterocycles. The quantitative estimate of drug-likeness (QED) is 0.571. The standard InChI is InChI=1S/C20H24Cl2N2O/c21-17-8-5-9-18(22)20(17)25-14-4-3-13-24-12-2-1-10-19(24)16-7-6-11-23-15-16/h5-9,11,15,19H,1-4,10,12-14H2/t19-/m1/s1. The summed E-state index contributed by atoms with van der Waals surface area (Å²) in [6.45, 7) is 2.88. The van der Waals surface area contributed by atoms with E-state index in [0.717, 1.165) is 25.9 Å². The molecule has 1 saturated heterocycles. The summed E-state index contributed by atoms with van der Waals surface area (Å²) in [7, 11) is 0. The molecule has 134 valence electrons. The first-order valence-electron chi connectivity index (χ1n) is 8.96. The normalized spacial score (nSPS) is 18.2. The highest BCUT2D eigenvalue weighted by molar-refractivity contribution is 6.37. The maximum atomic E-state index is 6.13. The van der Waals surface area contributed by atoms with Crippen molar-refractivity contribution in [1.29, 1.82) is 0 Å². The first-order valence-corrected chi connectivity index (χ1v) is 9.72. The predicted octanol–water partition coefficient (Wildman–Crippen LogP) is 5.77. The number of benzene rings is 1. The number of hydrogen-bond donors (Lipinski definition) is 0. The summed E-state index contributed by atoms with van der Waals surface area (Å²) in [6, 6.07) is 10.2. The van der Waals surface area contributed by atoms with Crippen molar-refractivity contribution >= 4 is 23.2 Å². The zero-order valence-corrected chi connectivity index (χ0v) is 15.8. The Morgan fingerprint density at radius 2 is 1.92 bits per heavy atom. The molecule has 1 aliphatic heterocycles. The van der Waals surface area contributed by atoms with Crippen LogP contribution in [0, 0.1) is 0 Å². The molecule has 0 unspecified atom stereocenters. The van der Waals surface area contributed by atoms with Gasteiger partial charge in [-0.1, -0.05) is 41.8 Å². The molecule has 0 aliphatic carbocycles. The fraction of sp³-hybridized carbons (Fsp3) is 0.450. The molecular weight excluding hydrogens is 355 g/mol. The fourth-order valence-corrected chi connectivity index (χ4v) is 3.93. The number of para-hydroxylation sites is 1. The molecule has 2 aromatic rings. The van der Waals surface area contributed by atoms with Crippen molar-refractivity contribution in [2.75, 3.05) is 19.7 Å². The first kappa shape index (κ1) is 18.5. The average Bonchev–Trinajstić information content (AvgIpc) is 2.65. The summed E-state index contributed by atoms with van der Waals surface area (Å²) < 4.78 is 5.78. The number of nitrogens with zero attached hydrogens (tertiary/aromatic N) is 2. The molecule has 1 fully saturated rings. The van der Waals surface area contributed by atoms with Gasteiger partial charge in [0.1, 0.15) is 0 Å². The van der Waals surface area contributed by atoms with Crippen LogP contribution in [0.4, 0.5) is 0 Å². The van der Waals surface area contributed by atoms with E-state index >= 15 is 0 Å². The van der Waals surface area contributed by atoms with Crippen LogP contribution in [0.5, 0.6) is 5.75 Å². The molecule has 0 bridgehead atoms. The lowest BCUT2D eigenvalue weighted by Gasteiger charge is -2.35. The Morgan fingerprint density at radius 3 is 2.68 bits per heavy atom. The van der Waals surface area contributed by atoms with Crippen molar-refractivity contribution in [3.05, 3.63) is 58.3 Å². The smallest absolute Gasteiger partial charge is 0.156 e. The Morgan fingerprint density at radius 1 is 1.08 bits per heavy atom. The van der Waals surface area contributed by atoms with Crippen molar-refractivity contribution in [2.45, 2.75) is 38.1 Å². The molecule has 3 nitrogen and oxygen atoms in total. The molecule has 0 N–H and O–H groups in total. The highest BCUT2D eigenvalue weighted by Crippen LogP contribution is 2.33. The zero-order valence-electron chi connectivity index (χ0n) is 14.3. The number of aromatic nitrogens is 1. The molecule has 0 spiro atoms. The van der Waals surface area contributed by atoms with Crippen LogP contribution in [0.1, 0.15) is 43.7 Å². The average molecular weight is 379 g/mol. The molecule has 5 heteroatoms. The highest BCUT2D eigenvalue weighted by atomic mass is 35.5. The van der Waals surface area contributed by atoms with E-state index < -0.39 is 0 Å². The molecular formula is C20H24Cl2N2O. The van der Waals surface area contributed by atoms with Crippen molar-refractivity contribution < 1.29 is 4.74 Å². The third-order valence-corrected chi connectivity index (χ3v) is 5.28. The number of unbranched alkanes of at least 4 members (excludes halogenated alkanes) is 1. The van der Waals surface area contributed by atoms with Crippen LogP contribution in [-0.4, -0.2) is 29.6 Å². The lowest BCUT2D eigenvalue weighted by molar-refractivity contribution is 0.143. The number of rotatable bonds is 7. The first-order chi connectivity index (χ1) is 12.3.